The molecule has 0 aliphatic carbocycles. The summed E-state index contributed by atoms with van der Waals surface area (Å²) in [4.78, 5) is 0. The van der Waals surface area contributed by atoms with E-state index < -0.39 is 0 Å². The molecule has 0 amide bonds. The maximum atomic E-state index is 9.39. The van der Waals surface area contributed by atoms with Crippen LogP contribution < -0.4 is 0 Å². The van der Waals surface area contributed by atoms with E-state index in [2.05, 4.69) is 32.9 Å². The van der Waals surface area contributed by atoms with Crippen molar-refractivity contribution in [2.45, 2.75) is 58.0 Å². The van der Waals surface area contributed by atoms with Gasteiger partial charge in [-0.3, -0.25) is 0 Å². The Hall–Kier alpha value is -1.33. The number of rotatable bonds is 3. The maximum Gasteiger partial charge on any atom is 0.0994 e. The van der Waals surface area contributed by atoms with Gasteiger partial charge in [0.1, 0.15) is 0 Å². The Balaban J connectivity index is 2.39. The molecule has 1 aromatic rings. The van der Waals surface area contributed by atoms with Crippen molar-refractivity contribution in [2.75, 3.05) is 6.61 Å². The summed E-state index contributed by atoms with van der Waals surface area (Å²) in [7, 11) is 0. The summed E-state index contributed by atoms with van der Waals surface area (Å²) in [5, 5.41) is 9.39. The second-order valence-corrected chi connectivity index (χ2v) is 6.04. The van der Waals surface area contributed by atoms with E-state index in [0.717, 1.165) is 37.9 Å². The molecule has 1 atom stereocenters. The van der Waals surface area contributed by atoms with Gasteiger partial charge in [-0.05, 0) is 56.2 Å². The van der Waals surface area contributed by atoms with Crippen LogP contribution in [0.25, 0.3) is 0 Å². The van der Waals surface area contributed by atoms with Gasteiger partial charge >= 0.3 is 0 Å². The van der Waals surface area contributed by atoms with Crippen LogP contribution in [0.15, 0.2) is 18.2 Å². The number of hydrogen-bond donors (Lipinski definition) is 0. The van der Waals surface area contributed by atoms with Crippen molar-refractivity contribution in [1.82, 2.24) is 0 Å². The highest BCUT2D eigenvalue weighted by molar-refractivity contribution is 5.45. The molecule has 0 N–H and O–H groups in total. The predicted octanol–water partition coefficient (Wildman–Crippen LogP) is 4.18. The quantitative estimate of drug-likeness (QED) is 0.813. The third-order valence-electron chi connectivity index (χ3n) is 3.94. The van der Waals surface area contributed by atoms with Crippen LogP contribution in [0.4, 0.5) is 0 Å². The van der Waals surface area contributed by atoms with Crippen LogP contribution in [-0.4, -0.2) is 12.2 Å². The highest BCUT2D eigenvalue weighted by atomic mass is 16.5. The fourth-order valence-electron chi connectivity index (χ4n) is 3.16. The Morgan fingerprint density at radius 2 is 2.21 bits per heavy atom. The first-order valence-electron chi connectivity index (χ1n) is 7.23. The SMILES string of the molecule is CCCc1cccc(C#N)c1C1CCOC(C)(C)C1. The monoisotopic (exact) mass is 257 g/mol. The lowest BCUT2D eigenvalue weighted by molar-refractivity contribution is -0.0594. The van der Waals surface area contributed by atoms with E-state index >= 15 is 0 Å². The van der Waals surface area contributed by atoms with Gasteiger partial charge in [-0.15, -0.1) is 0 Å². The molecule has 1 unspecified atom stereocenters. The third kappa shape index (κ3) is 3.16. The van der Waals surface area contributed by atoms with E-state index in [9.17, 15) is 5.26 Å². The molecule has 0 spiro atoms. The molecule has 1 saturated heterocycles. The molecule has 0 saturated carbocycles. The molecular weight excluding hydrogens is 234 g/mol. The van der Waals surface area contributed by atoms with Gasteiger partial charge in [0.05, 0.1) is 17.2 Å². The summed E-state index contributed by atoms with van der Waals surface area (Å²) in [5.74, 6) is 0.459. The van der Waals surface area contributed by atoms with Crippen LogP contribution in [0.3, 0.4) is 0 Å². The molecule has 1 fully saturated rings. The molecule has 0 radical (unpaired) electrons. The number of hydrogen-bond acceptors (Lipinski definition) is 2. The van der Waals surface area contributed by atoms with Gasteiger partial charge in [0, 0.05) is 6.61 Å². The van der Waals surface area contributed by atoms with Crippen molar-refractivity contribution in [1.29, 1.82) is 5.26 Å². The average molecular weight is 257 g/mol. The van der Waals surface area contributed by atoms with E-state index in [1.807, 2.05) is 12.1 Å². The molecule has 19 heavy (non-hydrogen) atoms. The van der Waals surface area contributed by atoms with Gasteiger partial charge in [-0.1, -0.05) is 25.5 Å². The van der Waals surface area contributed by atoms with Gasteiger partial charge in [0.2, 0.25) is 0 Å². The summed E-state index contributed by atoms with van der Waals surface area (Å²) in [6.07, 6.45) is 4.21. The topological polar surface area (TPSA) is 33.0 Å². The first-order chi connectivity index (χ1) is 9.07. The second kappa shape index (κ2) is 5.75. The summed E-state index contributed by atoms with van der Waals surface area (Å²) < 4.78 is 5.81. The summed E-state index contributed by atoms with van der Waals surface area (Å²) >= 11 is 0. The van der Waals surface area contributed by atoms with Crippen molar-refractivity contribution in [3.63, 3.8) is 0 Å². The minimum Gasteiger partial charge on any atom is -0.376 e. The first kappa shape index (κ1) is 14.1. The average Bonchev–Trinajstić information content (AvgIpc) is 2.37. The lowest BCUT2D eigenvalue weighted by atomic mass is 9.79. The largest absolute Gasteiger partial charge is 0.376 e. The zero-order valence-corrected chi connectivity index (χ0v) is 12.2. The minimum atomic E-state index is -0.0744. The molecule has 0 aromatic heterocycles. The summed E-state index contributed by atoms with van der Waals surface area (Å²) in [6, 6.07) is 8.53. The number of nitriles is 1. The molecule has 2 nitrogen and oxygen atoms in total. The van der Waals surface area contributed by atoms with Crippen LogP contribution in [0.2, 0.25) is 0 Å². The smallest absolute Gasteiger partial charge is 0.0994 e. The molecule has 1 heterocycles. The Kier molecular flexibility index (Phi) is 4.27. The Morgan fingerprint density at radius 1 is 1.42 bits per heavy atom. The molecule has 1 aliphatic rings. The van der Waals surface area contributed by atoms with Gasteiger partial charge < -0.3 is 4.74 Å². The Morgan fingerprint density at radius 3 is 2.84 bits per heavy atom. The van der Waals surface area contributed by atoms with E-state index in [-0.39, 0.29) is 5.60 Å². The van der Waals surface area contributed by atoms with Gasteiger partial charge in [-0.25, -0.2) is 0 Å². The van der Waals surface area contributed by atoms with Crippen molar-refractivity contribution >= 4 is 0 Å². The van der Waals surface area contributed by atoms with Crippen LogP contribution >= 0.6 is 0 Å². The molecule has 2 heteroatoms. The lowest BCUT2D eigenvalue weighted by Crippen LogP contribution is -2.33. The fourth-order valence-corrected chi connectivity index (χ4v) is 3.16. The van der Waals surface area contributed by atoms with Crippen LogP contribution in [0.1, 0.15) is 62.6 Å². The lowest BCUT2D eigenvalue weighted by Gasteiger charge is -2.36. The molecular formula is C17H23NO. The zero-order valence-electron chi connectivity index (χ0n) is 12.2. The number of nitrogens with zero attached hydrogens (tertiary/aromatic N) is 1. The molecule has 0 bridgehead atoms. The third-order valence-corrected chi connectivity index (χ3v) is 3.94. The highest BCUT2D eigenvalue weighted by Crippen LogP contribution is 2.38. The zero-order chi connectivity index (χ0) is 13.9. The normalized spacial score (nSPS) is 21.9. The van der Waals surface area contributed by atoms with Crippen LogP contribution in [0, 0.1) is 11.3 Å². The van der Waals surface area contributed by atoms with E-state index in [1.54, 1.807) is 0 Å². The number of aryl methyl sites for hydroxylation is 1. The Bertz CT molecular complexity index is 485. The number of ether oxygens (including phenoxy) is 1. The van der Waals surface area contributed by atoms with Crippen molar-refractivity contribution in [3.05, 3.63) is 34.9 Å². The van der Waals surface area contributed by atoms with Crippen molar-refractivity contribution < 1.29 is 4.74 Å². The van der Waals surface area contributed by atoms with E-state index in [0.29, 0.717) is 5.92 Å². The molecule has 102 valence electrons. The molecule has 1 aliphatic heterocycles. The highest BCUT2D eigenvalue weighted by Gasteiger charge is 2.31. The van der Waals surface area contributed by atoms with E-state index in [4.69, 9.17) is 4.74 Å². The van der Waals surface area contributed by atoms with Crippen LogP contribution in [0.5, 0.6) is 0 Å². The van der Waals surface area contributed by atoms with Gasteiger partial charge in [0.25, 0.3) is 0 Å². The molecule has 2 rings (SSSR count). The van der Waals surface area contributed by atoms with E-state index in [1.165, 1.54) is 11.1 Å². The summed E-state index contributed by atoms with van der Waals surface area (Å²) in [5.41, 5.74) is 3.41. The van der Waals surface area contributed by atoms with Crippen molar-refractivity contribution in [2.24, 2.45) is 0 Å². The van der Waals surface area contributed by atoms with Crippen molar-refractivity contribution in [3.8, 4) is 6.07 Å². The first-order valence-corrected chi connectivity index (χ1v) is 7.23. The van der Waals surface area contributed by atoms with Gasteiger partial charge in [-0.2, -0.15) is 5.26 Å². The maximum absolute atomic E-state index is 9.39. The minimum absolute atomic E-state index is 0.0744. The van der Waals surface area contributed by atoms with Crippen LogP contribution in [-0.2, 0) is 11.2 Å². The second-order valence-electron chi connectivity index (χ2n) is 6.04. The fraction of sp³-hybridized carbons (Fsp3) is 0.588. The van der Waals surface area contributed by atoms with Gasteiger partial charge in [0.15, 0.2) is 0 Å². The predicted molar refractivity (Wildman–Crippen MR) is 77.2 cm³/mol. The summed E-state index contributed by atoms with van der Waals surface area (Å²) in [6.45, 7) is 7.28. The Labute approximate surface area is 116 Å². The standard InChI is InChI=1S/C17H23NO/c1-4-6-13-7-5-8-15(12-18)16(13)14-9-10-19-17(2,3)11-14/h5,7-8,14H,4,6,9-11H2,1-3H3. The number of benzene rings is 1. The molecule has 1 aromatic carbocycles.